The number of aliphatic hydroxyl groups excluding tert-OH is 1. The second kappa shape index (κ2) is 12.4. The monoisotopic (exact) mass is 544 g/mol. The number of aliphatic hydroxyl groups is 1. The van der Waals surface area contributed by atoms with Gasteiger partial charge >= 0.3 is 5.97 Å². The summed E-state index contributed by atoms with van der Waals surface area (Å²) in [6.07, 6.45) is 2.02. The number of benzene rings is 3. The lowest BCUT2D eigenvalue weighted by Gasteiger charge is -2.27. The minimum Gasteiger partial charge on any atom is -0.478 e. The molecule has 0 unspecified atom stereocenters. The Hall–Kier alpha value is -3.10. The minimum atomic E-state index is -1.14. The molecule has 0 saturated carbocycles. The molecule has 0 fully saturated rings. The lowest BCUT2D eigenvalue weighted by atomic mass is 9.88. The first-order valence-electron chi connectivity index (χ1n) is 11.8. The molecule has 3 N–H and O–H groups in total. The Morgan fingerprint density at radius 1 is 1.11 bits per heavy atom. The summed E-state index contributed by atoms with van der Waals surface area (Å²) < 4.78 is 5.99. The zero-order valence-corrected chi connectivity index (χ0v) is 22.2. The Morgan fingerprint density at radius 2 is 1.84 bits per heavy atom. The maximum Gasteiger partial charge on any atom is 0.337 e. The molecule has 0 radical (unpaired) electrons. The second-order valence-corrected chi connectivity index (χ2v) is 9.45. The Morgan fingerprint density at radius 3 is 2.54 bits per heavy atom. The van der Waals surface area contributed by atoms with Crippen molar-refractivity contribution in [2.24, 2.45) is 0 Å². The van der Waals surface area contributed by atoms with Gasteiger partial charge in [-0.1, -0.05) is 29.8 Å². The molecule has 196 valence electrons. The smallest absolute Gasteiger partial charge is 0.337 e. The average molecular weight is 545 g/mol. The Kier molecular flexibility index (Phi) is 9.56. The van der Waals surface area contributed by atoms with Gasteiger partial charge in [0, 0.05) is 31.6 Å². The maximum absolute atomic E-state index is 11.8. The number of aryl methyl sites for hydroxylation is 1. The van der Waals surface area contributed by atoms with Crippen LogP contribution in [0.15, 0.2) is 60.7 Å². The zero-order valence-electron chi connectivity index (χ0n) is 20.6. The first-order chi connectivity index (χ1) is 17.2. The van der Waals surface area contributed by atoms with Crippen LogP contribution >= 0.6 is 24.0 Å². The number of rotatable bonds is 8. The third-order valence-electron chi connectivity index (χ3n) is 6.51. The van der Waals surface area contributed by atoms with Crippen molar-refractivity contribution in [1.82, 2.24) is 5.32 Å². The van der Waals surface area contributed by atoms with Crippen LogP contribution in [0.4, 0.5) is 5.69 Å². The molecular weight excluding hydrogens is 515 g/mol. The van der Waals surface area contributed by atoms with Gasteiger partial charge in [0.15, 0.2) is 0 Å². The highest BCUT2D eigenvalue weighted by Crippen LogP contribution is 2.31. The van der Waals surface area contributed by atoms with Gasteiger partial charge < -0.3 is 25.2 Å². The fraction of sp³-hybridized carbons (Fsp3) is 0.286. The molecule has 2 atom stereocenters. The molecule has 0 aliphatic heterocycles. The standard InChI is InChI=1S/C28H29ClN2O5.ClH/c1-17(32)31(2)26-11-10-24(15-25(26)28(34)35)36-23-9-7-18-6-8-22(13-20(18)14-23)30-16-27(33)19-4-3-5-21(29)12-19;/h3-5,7,9-12,14-15,22,27,30,33H,6,8,13,16H2,1-2H3,(H,34,35);1H/t22-,27+;/m0./s1. The van der Waals surface area contributed by atoms with E-state index in [1.54, 1.807) is 24.3 Å². The number of amides is 1. The highest BCUT2D eigenvalue weighted by atomic mass is 35.5. The first-order valence-corrected chi connectivity index (χ1v) is 12.2. The van der Waals surface area contributed by atoms with Crippen molar-refractivity contribution in [2.45, 2.75) is 38.3 Å². The largest absolute Gasteiger partial charge is 0.478 e. The van der Waals surface area contributed by atoms with E-state index in [0.29, 0.717) is 28.8 Å². The van der Waals surface area contributed by atoms with Gasteiger partial charge in [0.25, 0.3) is 0 Å². The van der Waals surface area contributed by atoms with E-state index in [9.17, 15) is 19.8 Å². The fourth-order valence-corrected chi connectivity index (χ4v) is 4.63. The van der Waals surface area contributed by atoms with E-state index in [2.05, 4.69) is 5.32 Å². The highest BCUT2D eigenvalue weighted by molar-refractivity contribution is 6.30. The van der Waals surface area contributed by atoms with E-state index in [4.69, 9.17) is 16.3 Å². The number of fused-ring (bicyclic) bond motifs is 1. The van der Waals surface area contributed by atoms with Crippen LogP contribution in [0.1, 0.15) is 46.5 Å². The number of nitrogens with zero attached hydrogens (tertiary/aromatic N) is 1. The molecule has 0 heterocycles. The molecule has 0 bridgehead atoms. The molecule has 7 nitrogen and oxygen atoms in total. The van der Waals surface area contributed by atoms with Crippen molar-refractivity contribution in [1.29, 1.82) is 0 Å². The summed E-state index contributed by atoms with van der Waals surface area (Å²) in [7, 11) is 1.53. The molecule has 3 aromatic rings. The van der Waals surface area contributed by atoms with E-state index in [0.717, 1.165) is 30.4 Å². The fourth-order valence-electron chi connectivity index (χ4n) is 4.43. The Bertz CT molecular complexity index is 1280. The number of aromatic carboxylic acids is 1. The van der Waals surface area contributed by atoms with Crippen LogP contribution in [0.25, 0.3) is 0 Å². The maximum atomic E-state index is 11.8. The molecule has 1 aliphatic carbocycles. The number of hydrogen-bond donors (Lipinski definition) is 3. The zero-order chi connectivity index (χ0) is 25.8. The van der Waals surface area contributed by atoms with Crippen molar-refractivity contribution in [3.63, 3.8) is 0 Å². The number of carbonyl (C=O) groups is 2. The molecule has 1 amide bonds. The number of carboxylic acids is 1. The summed E-state index contributed by atoms with van der Waals surface area (Å²) in [5, 5.41) is 24.2. The van der Waals surface area contributed by atoms with Gasteiger partial charge in [-0.25, -0.2) is 4.79 Å². The summed E-state index contributed by atoms with van der Waals surface area (Å²) in [4.78, 5) is 24.8. The third-order valence-corrected chi connectivity index (χ3v) is 6.74. The van der Waals surface area contributed by atoms with Crippen molar-refractivity contribution < 1.29 is 24.5 Å². The summed E-state index contributed by atoms with van der Waals surface area (Å²) in [5.74, 6) is -0.410. The van der Waals surface area contributed by atoms with E-state index in [1.165, 1.54) is 30.5 Å². The average Bonchev–Trinajstić information content (AvgIpc) is 2.86. The van der Waals surface area contributed by atoms with Crippen molar-refractivity contribution in [2.75, 3.05) is 18.5 Å². The predicted molar refractivity (Wildman–Crippen MR) is 146 cm³/mol. The number of halogens is 2. The van der Waals surface area contributed by atoms with Gasteiger partial charge in [0.2, 0.25) is 5.91 Å². The molecular formula is C28H30Cl2N2O5. The van der Waals surface area contributed by atoms with Crippen LogP contribution in [-0.4, -0.2) is 41.7 Å². The highest BCUT2D eigenvalue weighted by Gasteiger charge is 2.21. The molecule has 9 heteroatoms. The van der Waals surface area contributed by atoms with Crippen LogP contribution in [0.2, 0.25) is 5.02 Å². The topological polar surface area (TPSA) is 99.1 Å². The third kappa shape index (κ3) is 7.02. The van der Waals surface area contributed by atoms with Gasteiger partial charge in [0.05, 0.1) is 17.4 Å². The van der Waals surface area contributed by atoms with Crippen LogP contribution < -0.4 is 15.0 Å². The minimum absolute atomic E-state index is 0. The SMILES string of the molecule is CC(=O)N(C)c1ccc(Oc2ccc3c(c2)C[C@@H](NC[C@@H](O)c2cccc(Cl)c2)CC3)cc1C(=O)O.Cl. The quantitative estimate of drug-likeness (QED) is 0.350. The number of ether oxygens (including phenoxy) is 1. The number of carboxylic acid groups (broad SMARTS) is 1. The lowest BCUT2D eigenvalue weighted by molar-refractivity contribution is -0.116. The van der Waals surface area contributed by atoms with Crippen LogP contribution in [0.3, 0.4) is 0 Å². The van der Waals surface area contributed by atoms with E-state index < -0.39 is 12.1 Å². The van der Waals surface area contributed by atoms with Gasteiger partial charge in [-0.2, -0.15) is 0 Å². The number of anilines is 1. The normalized spacial score (nSPS) is 15.2. The molecule has 0 spiro atoms. The second-order valence-electron chi connectivity index (χ2n) is 9.01. The Balaban J connectivity index is 0.00000380. The number of nitrogens with one attached hydrogen (secondary N) is 1. The summed E-state index contributed by atoms with van der Waals surface area (Å²) >= 11 is 6.04. The van der Waals surface area contributed by atoms with E-state index in [1.807, 2.05) is 30.3 Å². The molecule has 3 aromatic carbocycles. The molecule has 37 heavy (non-hydrogen) atoms. The van der Waals surface area contributed by atoms with Crippen LogP contribution in [0.5, 0.6) is 11.5 Å². The van der Waals surface area contributed by atoms with E-state index >= 15 is 0 Å². The summed E-state index contributed by atoms with van der Waals surface area (Å²) in [5.41, 5.74) is 3.48. The van der Waals surface area contributed by atoms with Crippen molar-refractivity contribution in [3.8, 4) is 11.5 Å². The van der Waals surface area contributed by atoms with E-state index in [-0.39, 0.29) is 29.9 Å². The molecule has 1 aliphatic rings. The van der Waals surface area contributed by atoms with Crippen LogP contribution in [-0.2, 0) is 17.6 Å². The first kappa shape index (κ1) is 28.5. The summed E-state index contributed by atoms with van der Waals surface area (Å²) in [6, 6.07) is 18.0. The Labute approximate surface area is 227 Å². The number of carbonyl (C=O) groups excluding carboxylic acids is 1. The predicted octanol–water partition coefficient (Wildman–Crippen LogP) is 5.42. The van der Waals surface area contributed by atoms with Gasteiger partial charge in [-0.05, 0) is 78.4 Å². The molecule has 4 rings (SSSR count). The molecule has 0 saturated heterocycles. The summed E-state index contributed by atoms with van der Waals surface area (Å²) in [6.45, 7) is 1.80. The van der Waals surface area contributed by atoms with Crippen molar-refractivity contribution in [3.05, 3.63) is 87.9 Å². The van der Waals surface area contributed by atoms with Gasteiger partial charge in [0.1, 0.15) is 11.5 Å². The number of hydrogen-bond acceptors (Lipinski definition) is 5. The molecule has 0 aromatic heterocycles. The van der Waals surface area contributed by atoms with Gasteiger partial charge in [-0.3, -0.25) is 4.79 Å². The lowest BCUT2D eigenvalue weighted by Crippen LogP contribution is -2.37. The van der Waals surface area contributed by atoms with Gasteiger partial charge in [-0.15, -0.1) is 12.4 Å². The van der Waals surface area contributed by atoms with Crippen molar-refractivity contribution >= 4 is 41.6 Å². The van der Waals surface area contributed by atoms with Crippen LogP contribution in [0, 0.1) is 0 Å².